The lowest BCUT2D eigenvalue weighted by molar-refractivity contribution is -0.166. The van der Waals surface area contributed by atoms with Crippen LogP contribution in [-0.4, -0.2) is 23.6 Å². The van der Waals surface area contributed by atoms with E-state index in [0.29, 0.717) is 30.1 Å². The molecule has 124 valence electrons. The number of hydrogen-bond donors (Lipinski definition) is 0. The van der Waals surface area contributed by atoms with Crippen LogP contribution in [0.3, 0.4) is 0 Å². The van der Waals surface area contributed by atoms with Crippen LogP contribution in [0.2, 0.25) is 0 Å². The van der Waals surface area contributed by atoms with Gasteiger partial charge in [-0.3, -0.25) is 4.79 Å². The van der Waals surface area contributed by atoms with Crippen LogP contribution in [0.15, 0.2) is 12.2 Å². The van der Waals surface area contributed by atoms with Gasteiger partial charge in [0.05, 0.1) is 5.92 Å². The maximum Gasteiger partial charge on any atom is 0.348 e. The third kappa shape index (κ3) is 1.90. The molecule has 8 atom stereocenters. The maximum atomic E-state index is 12.7. The molecule has 0 radical (unpaired) electrons. The van der Waals surface area contributed by atoms with Gasteiger partial charge in [0, 0.05) is 6.42 Å². The van der Waals surface area contributed by atoms with E-state index < -0.39 is 11.7 Å². The predicted molar refractivity (Wildman–Crippen MR) is 82.1 cm³/mol. The lowest BCUT2D eigenvalue weighted by Crippen LogP contribution is -2.37. The highest BCUT2D eigenvalue weighted by Crippen LogP contribution is 2.67. The second kappa shape index (κ2) is 4.40. The van der Waals surface area contributed by atoms with Gasteiger partial charge >= 0.3 is 11.9 Å². The number of carbonyl (C=O) groups is 2. The molecule has 4 nitrogen and oxygen atoms in total. The summed E-state index contributed by atoms with van der Waals surface area (Å²) in [6, 6.07) is 0. The molecule has 5 aliphatic rings. The van der Waals surface area contributed by atoms with Crippen molar-refractivity contribution in [1.29, 1.82) is 0 Å². The fraction of sp³-hybridized carbons (Fsp3) is 0.789. The van der Waals surface area contributed by atoms with Crippen molar-refractivity contribution in [1.82, 2.24) is 0 Å². The summed E-state index contributed by atoms with van der Waals surface area (Å²) < 4.78 is 10.9. The molecule has 1 saturated heterocycles. The van der Waals surface area contributed by atoms with Gasteiger partial charge in [0.1, 0.15) is 5.60 Å². The van der Waals surface area contributed by atoms with E-state index in [0.717, 1.165) is 18.3 Å². The molecule has 1 heterocycles. The van der Waals surface area contributed by atoms with Gasteiger partial charge in [-0.05, 0) is 68.6 Å². The molecule has 8 unspecified atom stereocenters. The molecule has 4 heteroatoms. The quantitative estimate of drug-likeness (QED) is 0.446. The monoisotopic (exact) mass is 316 g/mol. The summed E-state index contributed by atoms with van der Waals surface area (Å²) >= 11 is 0. The summed E-state index contributed by atoms with van der Waals surface area (Å²) in [7, 11) is 0. The fourth-order valence-corrected chi connectivity index (χ4v) is 6.51. The van der Waals surface area contributed by atoms with E-state index in [1.807, 2.05) is 13.8 Å². The zero-order chi connectivity index (χ0) is 15.9. The summed E-state index contributed by atoms with van der Waals surface area (Å²) in [5, 5.41) is 0. The SMILES string of the molecule is CC1(C)CC(OC(=O)C2CC3CC2C2C4C=CC(C4)C32)C(=O)O1. The fourth-order valence-electron chi connectivity index (χ4n) is 6.51. The smallest absolute Gasteiger partial charge is 0.348 e. The zero-order valence-corrected chi connectivity index (χ0v) is 13.7. The predicted octanol–water partition coefficient (Wildman–Crippen LogP) is 2.72. The van der Waals surface area contributed by atoms with E-state index in [9.17, 15) is 9.59 Å². The Morgan fingerprint density at radius 2 is 1.91 bits per heavy atom. The molecule has 3 saturated carbocycles. The second-order valence-electron chi connectivity index (χ2n) is 8.92. The minimum absolute atomic E-state index is 0.00510. The lowest BCUT2D eigenvalue weighted by atomic mass is 9.69. The summed E-state index contributed by atoms with van der Waals surface area (Å²) in [6.45, 7) is 3.73. The Morgan fingerprint density at radius 3 is 2.61 bits per heavy atom. The molecule has 0 aromatic heterocycles. The number of esters is 2. The third-order valence-corrected chi connectivity index (χ3v) is 7.15. The number of ether oxygens (including phenoxy) is 2. The molecule has 5 rings (SSSR count). The zero-order valence-electron chi connectivity index (χ0n) is 13.7. The first-order valence-electron chi connectivity index (χ1n) is 9.04. The number of rotatable bonds is 2. The van der Waals surface area contributed by atoms with Crippen LogP contribution < -0.4 is 0 Å². The molecule has 1 aliphatic heterocycles. The van der Waals surface area contributed by atoms with Gasteiger partial charge in [-0.15, -0.1) is 0 Å². The molecule has 0 N–H and O–H groups in total. The normalized spacial score (nSPS) is 51.1. The first-order valence-corrected chi connectivity index (χ1v) is 9.04. The molecule has 4 aliphatic carbocycles. The largest absolute Gasteiger partial charge is 0.457 e. The molecule has 4 fully saturated rings. The Labute approximate surface area is 136 Å². The highest BCUT2D eigenvalue weighted by Gasteiger charge is 2.62. The Morgan fingerprint density at radius 1 is 1.17 bits per heavy atom. The van der Waals surface area contributed by atoms with Crippen LogP contribution in [0.1, 0.15) is 39.5 Å². The van der Waals surface area contributed by atoms with Gasteiger partial charge in [-0.25, -0.2) is 4.79 Å². The van der Waals surface area contributed by atoms with E-state index in [2.05, 4.69) is 12.2 Å². The van der Waals surface area contributed by atoms with Crippen molar-refractivity contribution < 1.29 is 19.1 Å². The topological polar surface area (TPSA) is 52.6 Å². The van der Waals surface area contributed by atoms with Crippen molar-refractivity contribution >= 4 is 11.9 Å². The molecule has 0 aromatic carbocycles. The van der Waals surface area contributed by atoms with Gasteiger partial charge < -0.3 is 9.47 Å². The number of hydrogen-bond acceptors (Lipinski definition) is 4. The van der Waals surface area contributed by atoms with E-state index in [1.165, 1.54) is 12.8 Å². The third-order valence-electron chi connectivity index (χ3n) is 7.15. The van der Waals surface area contributed by atoms with E-state index in [-0.39, 0.29) is 17.9 Å². The van der Waals surface area contributed by atoms with Crippen molar-refractivity contribution in [3.05, 3.63) is 12.2 Å². The van der Waals surface area contributed by atoms with Crippen molar-refractivity contribution in [2.24, 2.45) is 41.4 Å². The Kier molecular flexibility index (Phi) is 2.69. The first kappa shape index (κ1) is 14.1. The van der Waals surface area contributed by atoms with Crippen LogP contribution in [0.5, 0.6) is 0 Å². The van der Waals surface area contributed by atoms with Crippen molar-refractivity contribution in [3.8, 4) is 0 Å². The molecular formula is C19H24O4. The van der Waals surface area contributed by atoms with E-state index in [1.54, 1.807) is 0 Å². The molecule has 0 amide bonds. The van der Waals surface area contributed by atoms with Crippen LogP contribution >= 0.6 is 0 Å². The minimum Gasteiger partial charge on any atom is -0.457 e. The highest BCUT2D eigenvalue weighted by molar-refractivity contribution is 5.82. The van der Waals surface area contributed by atoms with Gasteiger partial charge in [-0.2, -0.15) is 0 Å². The standard InChI is InChI=1S/C19H24O4/c1-19(2)8-14(18(21)23-19)22-17(20)13-7-11-6-12(13)16-10-4-3-9(5-10)15(11)16/h3-4,9-16H,5-8H2,1-2H3. The number of allylic oxidation sites excluding steroid dienone is 2. The van der Waals surface area contributed by atoms with Crippen LogP contribution in [0.25, 0.3) is 0 Å². The highest BCUT2D eigenvalue weighted by atomic mass is 16.6. The van der Waals surface area contributed by atoms with Crippen molar-refractivity contribution in [2.75, 3.05) is 0 Å². The molecule has 0 spiro atoms. The Balaban J connectivity index is 1.30. The van der Waals surface area contributed by atoms with Crippen LogP contribution in [0, 0.1) is 41.4 Å². The minimum atomic E-state index is -0.702. The first-order chi connectivity index (χ1) is 10.9. The average molecular weight is 316 g/mol. The number of cyclic esters (lactones) is 1. The second-order valence-corrected chi connectivity index (χ2v) is 8.92. The lowest BCUT2D eigenvalue weighted by Gasteiger charge is -2.35. The average Bonchev–Trinajstić information content (AvgIpc) is 3.24. The summed E-state index contributed by atoms with van der Waals surface area (Å²) in [5.41, 5.74) is -0.517. The molecule has 23 heavy (non-hydrogen) atoms. The molecular weight excluding hydrogens is 292 g/mol. The van der Waals surface area contributed by atoms with Gasteiger partial charge in [0.2, 0.25) is 6.10 Å². The van der Waals surface area contributed by atoms with E-state index >= 15 is 0 Å². The summed E-state index contributed by atoms with van der Waals surface area (Å²) in [5.74, 6) is 3.59. The van der Waals surface area contributed by atoms with Crippen molar-refractivity contribution in [3.63, 3.8) is 0 Å². The summed E-state index contributed by atoms with van der Waals surface area (Å²) in [4.78, 5) is 24.6. The van der Waals surface area contributed by atoms with Crippen LogP contribution in [-0.2, 0) is 19.1 Å². The number of carbonyl (C=O) groups excluding carboxylic acids is 2. The molecule has 4 bridgehead atoms. The van der Waals surface area contributed by atoms with Gasteiger partial charge in [0.25, 0.3) is 0 Å². The van der Waals surface area contributed by atoms with E-state index in [4.69, 9.17) is 9.47 Å². The number of fused-ring (bicyclic) bond motifs is 9. The van der Waals surface area contributed by atoms with Gasteiger partial charge in [-0.1, -0.05) is 12.2 Å². The summed E-state index contributed by atoms with van der Waals surface area (Å²) in [6.07, 6.45) is 8.01. The van der Waals surface area contributed by atoms with Crippen LogP contribution in [0.4, 0.5) is 0 Å². The maximum absolute atomic E-state index is 12.7. The molecule has 0 aromatic rings. The van der Waals surface area contributed by atoms with Crippen molar-refractivity contribution in [2.45, 2.75) is 51.2 Å². The van der Waals surface area contributed by atoms with Gasteiger partial charge in [0.15, 0.2) is 0 Å². The Bertz CT molecular complexity index is 606. The Hall–Kier alpha value is -1.32.